The number of benzene rings is 9. The summed E-state index contributed by atoms with van der Waals surface area (Å²) in [6, 6.07) is 70.4. The zero-order chi connectivity index (χ0) is 45.4. The molecule has 0 amide bonds. The van der Waals surface area contributed by atoms with Gasteiger partial charge in [0.25, 0.3) is 0 Å². The SMILES string of the molecule is CC12C=CC=CC1c1cccc3c(-c4ccc(N(C5=CC=C6C7=C(C=CCC57)c5ccccc56)c5ccccc5-c5ccccc5)cc4)ccc(c13)N2c1ccc2c3c(cccc13)-c1ccccc1-2. The highest BCUT2D eigenvalue weighted by Gasteiger charge is 2.45. The van der Waals surface area contributed by atoms with Gasteiger partial charge >= 0.3 is 0 Å². The largest absolute Gasteiger partial charge is 0.330 e. The Bertz CT molecular complexity index is 3860. The molecule has 0 saturated heterocycles. The molecule has 69 heavy (non-hydrogen) atoms. The summed E-state index contributed by atoms with van der Waals surface area (Å²) in [4.78, 5) is 5.21. The van der Waals surface area contributed by atoms with Crippen molar-refractivity contribution in [1.82, 2.24) is 0 Å². The minimum Gasteiger partial charge on any atom is -0.330 e. The number of rotatable bonds is 6. The van der Waals surface area contributed by atoms with Gasteiger partial charge < -0.3 is 9.80 Å². The van der Waals surface area contributed by atoms with Crippen molar-refractivity contribution in [2.75, 3.05) is 9.80 Å². The molecule has 0 spiro atoms. The van der Waals surface area contributed by atoms with E-state index in [0.29, 0.717) is 0 Å². The highest BCUT2D eigenvalue weighted by atomic mass is 15.2. The summed E-state index contributed by atoms with van der Waals surface area (Å²) >= 11 is 0. The molecule has 324 valence electrons. The van der Waals surface area contributed by atoms with Gasteiger partial charge in [-0.05, 0) is 133 Å². The van der Waals surface area contributed by atoms with Crippen molar-refractivity contribution in [2.45, 2.75) is 24.8 Å². The van der Waals surface area contributed by atoms with Crippen LogP contribution in [0, 0.1) is 5.92 Å². The van der Waals surface area contributed by atoms with Crippen molar-refractivity contribution in [2.24, 2.45) is 5.92 Å². The van der Waals surface area contributed by atoms with Crippen LogP contribution >= 0.6 is 0 Å². The number of para-hydroxylation sites is 1. The lowest BCUT2D eigenvalue weighted by atomic mass is 9.71. The molecule has 9 aromatic carbocycles. The van der Waals surface area contributed by atoms with E-state index in [1.165, 1.54) is 122 Å². The van der Waals surface area contributed by atoms with Crippen molar-refractivity contribution < 1.29 is 0 Å². The molecule has 3 unspecified atom stereocenters. The second-order valence-electron chi connectivity index (χ2n) is 19.6. The number of anilines is 4. The molecule has 1 aliphatic heterocycles. The molecule has 0 N–H and O–H groups in total. The summed E-state index contributed by atoms with van der Waals surface area (Å²) in [7, 11) is 0. The van der Waals surface area contributed by atoms with Gasteiger partial charge in [0, 0.05) is 45.2 Å². The zero-order valence-corrected chi connectivity index (χ0v) is 38.3. The van der Waals surface area contributed by atoms with Crippen molar-refractivity contribution >= 4 is 55.4 Å². The Morgan fingerprint density at radius 1 is 0.507 bits per heavy atom. The van der Waals surface area contributed by atoms with Crippen LogP contribution in [0.3, 0.4) is 0 Å². The molecule has 1 heterocycles. The minimum atomic E-state index is -0.319. The van der Waals surface area contributed by atoms with E-state index in [1.807, 2.05) is 0 Å². The van der Waals surface area contributed by atoms with Crippen LogP contribution in [-0.4, -0.2) is 5.54 Å². The first-order chi connectivity index (χ1) is 34.1. The van der Waals surface area contributed by atoms with Gasteiger partial charge in [-0.3, -0.25) is 0 Å². The van der Waals surface area contributed by atoms with Crippen molar-refractivity contribution in [3.8, 4) is 44.5 Å². The fourth-order valence-electron chi connectivity index (χ4n) is 13.2. The minimum absolute atomic E-state index is 0.158. The van der Waals surface area contributed by atoms with Crippen LogP contribution in [0.15, 0.2) is 248 Å². The fraction of sp³-hybridized carbons (Fsp3) is 0.0746. The Labute approximate surface area is 403 Å². The molecule has 2 nitrogen and oxygen atoms in total. The lowest BCUT2D eigenvalue weighted by Crippen LogP contribution is -2.49. The normalized spacial score (nSPS) is 19.6. The average Bonchev–Trinajstić information content (AvgIpc) is 3.92. The van der Waals surface area contributed by atoms with Gasteiger partial charge in [0.1, 0.15) is 0 Å². The third kappa shape index (κ3) is 5.37. The first-order valence-electron chi connectivity index (χ1n) is 24.5. The molecule has 2 heteroatoms. The van der Waals surface area contributed by atoms with Gasteiger partial charge in [-0.2, -0.15) is 0 Å². The van der Waals surface area contributed by atoms with Crippen LogP contribution in [-0.2, 0) is 0 Å². The highest BCUT2D eigenvalue weighted by Crippen LogP contribution is 2.58. The molecule has 0 bridgehead atoms. The van der Waals surface area contributed by atoms with Crippen LogP contribution in [0.5, 0.6) is 0 Å². The topological polar surface area (TPSA) is 6.48 Å². The van der Waals surface area contributed by atoms with Gasteiger partial charge in [-0.15, -0.1) is 0 Å². The van der Waals surface area contributed by atoms with E-state index in [9.17, 15) is 0 Å². The Hall–Kier alpha value is -8.46. The Kier molecular flexibility index (Phi) is 8.13. The second kappa shape index (κ2) is 14.5. The summed E-state index contributed by atoms with van der Waals surface area (Å²) in [5, 5.41) is 5.25. The molecule has 0 saturated carbocycles. The number of nitrogens with zero attached hydrogens (tertiary/aromatic N) is 2. The third-order valence-electron chi connectivity index (χ3n) is 16.1. The summed E-state index contributed by atoms with van der Waals surface area (Å²) in [5.74, 6) is 0.373. The molecule has 0 fully saturated rings. The van der Waals surface area contributed by atoms with Gasteiger partial charge in [-0.25, -0.2) is 0 Å². The molecule has 0 radical (unpaired) electrons. The molecule has 0 aromatic heterocycles. The molecule has 5 aliphatic carbocycles. The maximum absolute atomic E-state index is 2.66. The zero-order valence-electron chi connectivity index (χ0n) is 38.3. The van der Waals surface area contributed by atoms with Gasteiger partial charge in [0.05, 0.1) is 16.9 Å². The summed E-state index contributed by atoms with van der Waals surface area (Å²) in [6.45, 7) is 2.43. The van der Waals surface area contributed by atoms with Crippen LogP contribution in [0.4, 0.5) is 22.7 Å². The summed E-state index contributed by atoms with van der Waals surface area (Å²) in [5.41, 5.74) is 24.2. The third-order valence-corrected chi connectivity index (χ3v) is 16.1. The van der Waals surface area contributed by atoms with E-state index in [0.717, 1.165) is 12.1 Å². The molecule has 3 atom stereocenters. The number of hydrogen-bond acceptors (Lipinski definition) is 2. The number of fused-ring (bicyclic) bond motifs is 8. The predicted octanol–water partition coefficient (Wildman–Crippen LogP) is 17.6. The van der Waals surface area contributed by atoms with E-state index >= 15 is 0 Å². The Balaban J connectivity index is 0.886. The van der Waals surface area contributed by atoms with Crippen molar-refractivity contribution in [1.29, 1.82) is 0 Å². The molecule has 6 aliphatic rings. The van der Waals surface area contributed by atoms with E-state index in [-0.39, 0.29) is 17.4 Å². The fourth-order valence-corrected chi connectivity index (χ4v) is 13.2. The quantitative estimate of drug-likeness (QED) is 0.164. The van der Waals surface area contributed by atoms with Crippen LogP contribution in [0.1, 0.15) is 36.0 Å². The van der Waals surface area contributed by atoms with E-state index < -0.39 is 0 Å². The van der Waals surface area contributed by atoms with Gasteiger partial charge in [-0.1, -0.05) is 200 Å². The van der Waals surface area contributed by atoms with Crippen LogP contribution < -0.4 is 9.80 Å². The Morgan fingerprint density at radius 2 is 1.17 bits per heavy atom. The first kappa shape index (κ1) is 38.6. The van der Waals surface area contributed by atoms with Gasteiger partial charge in [0.15, 0.2) is 0 Å². The predicted molar refractivity (Wildman–Crippen MR) is 290 cm³/mol. The van der Waals surface area contributed by atoms with Crippen molar-refractivity contribution in [3.63, 3.8) is 0 Å². The highest BCUT2D eigenvalue weighted by molar-refractivity contribution is 6.20. The lowest BCUT2D eigenvalue weighted by molar-refractivity contribution is 0.502. The lowest BCUT2D eigenvalue weighted by Gasteiger charge is -2.51. The maximum Gasteiger partial charge on any atom is 0.0712 e. The Morgan fingerprint density at radius 3 is 2.01 bits per heavy atom. The van der Waals surface area contributed by atoms with Gasteiger partial charge in [0.2, 0.25) is 0 Å². The molecule has 15 rings (SSSR count). The standard InChI is InChI=1S/C67H46N2/c1-67-41-12-11-29-59(67)56-26-13-23-51-45(35-40-63(66(51)56)69(67)62-39-37-55-50-22-8-6-20-48(50)53-25-15-28-58(62)65(53)55)43-31-33-44(34-32-43)68(60-30-10-9-18-46(60)42-16-3-2-4-17-42)61-38-36-54-49-21-7-5-19-47(49)52-24-14-27-57(61)64(52)54/h2-26,28-41,57,59H,27H2,1H3. The second-order valence-corrected chi connectivity index (χ2v) is 19.6. The summed E-state index contributed by atoms with van der Waals surface area (Å²) < 4.78 is 0. The van der Waals surface area contributed by atoms with Crippen LogP contribution in [0.2, 0.25) is 0 Å². The van der Waals surface area contributed by atoms with Crippen LogP contribution in [0.25, 0.3) is 77.2 Å². The molecule has 9 aromatic rings. The van der Waals surface area contributed by atoms with Crippen molar-refractivity contribution in [3.05, 3.63) is 265 Å². The average molecular weight is 879 g/mol. The van der Waals surface area contributed by atoms with E-state index in [4.69, 9.17) is 0 Å². The smallest absolute Gasteiger partial charge is 0.0712 e. The molecular weight excluding hydrogens is 833 g/mol. The maximum atomic E-state index is 2.66. The van der Waals surface area contributed by atoms with E-state index in [2.05, 4.69) is 253 Å². The monoisotopic (exact) mass is 878 g/mol. The molecular formula is C67H46N2. The number of hydrogen-bond donors (Lipinski definition) is 0. The summed E-state index contributed by atoms with van der Waals surface area (Å²) in [6.07, 6.45) is 19.8. The van der Waals surface area contributed by atoms with E-state index in [1.54, 1.807) is 0 Å². The first-order valence-corrected chi connectivity index (χ1v) is 24.5. The number of allylic oxidation sites excluding steroid dienone is 9.